The van der Waals surface area contributed by atoms with E-state index in [9.17, 15) is 0 Å². The average Bonchev–Trinajstić information content (AvgIpc) is 2.93. The third kappa shape index (κ3) is 1.68. The van der Waals surface area contributed by atoms with Crippen molar-refractivity contribution in [2.24, 2.45) is 4.99 Å². The number of amidine groups is 1. The molecule has 2 nitrogen and oxygen atoms in total. The van der Waals surface area contributed by atoms with Gasteiger partial charge in [-0.1, -0.05) is 48.5 Å². The maximum atomic E-state index is 4.90. The fourth-order valence-electron chi connectivity index (χ4n) is 3.04. The molecule has 2 aromatic rings. The standard InChI is InChI=1S/C18H16N2/c1-13-11-18-19-16(14-7-3-2-4-8-14)12-20(18)17-10-6-5-9-15(13)17/h2-11,16H,12H2,1H3/t16-/m0/s1. The van der Waals surface area contributed by atoms with Gasteiger partial charge in [0, 0.05) is 11.3 Å². The Bertz CT molecular complexity index is 713. The highest BCUT2D eigenvalue weighted by Crippen LogP contribution is 2.37. The Hall–Kier alpha value is -2.35. The number of allylic oxidation sites excluding steroid dienone is 1. The van der Waals surface area contributed by atoms with Gasteiger partial charge in [-0.05, 0) is 30.2 Å². The second-order valence-electron chi connectivity index (χ2n) is 5.37. The van der Waals surface area contributed by atoms with Crippen LogP contribution in [0, 0.1) is 0 Å². The van der Waals surface area contributed by atoms with E-state index in [4.69, 9.17) is 4.99 Å². The number of aliphatic imine (C=N–C) groups is 1. The molecule has 0 spiro atoms. The summed E-state index contributed by atoms with van der Waals surface area (Å²) in [5.74, 6) is 1.09. The van der Waals surface area contributed by atoms with Crippen LogP contribution < -0.4 is 4.90 Å². The molecule has 2 aliphatic rings. The molecule has 2 aromatic carbocycles. The molecular weight excluding hydrogens is 244 g/mol. The van der Waals surface area contributed by atoms with Crippen molar-refractivity contribution in [2.75, 3.05) is 11.4 Å². The maximum absolute atomic E-state index is 4.90. The van der Waals surface area contributed by atoms with Gasteiger partial charge in [0.1, 0.15) is 5.84 Å². The van der Waals surface area contributed by atoms with E-state index in [1.165, 1.54) is 22.4 Å². The molecule has 20 heavy (non-hydrogen) atoms. The zero-order valence-corrected chi connectivity index (χ0v) is 11.5. The number of hydrogen-bond donors (Lipinski definition) is 0. The molecule has 4 rings (SSSR count). The summed E-state index contributed by atoms with van der Waals surface area (Å²) in [6, 6.07) is 19.4. The Kier molecular flexibility index (Phi) is 2.49. The molecule has 0 bridgehead atoms. The molecule has 1 atom stereocenters. The third-order valence-electron chi connectivity index (χ3n) is 4.07. The van der Waals surface area contributed by atoms with E-state index in [0.29, 0.717) is 0 Å². The summed E-state index contributed by atoms with van der Waals surface area (Å²) < 4.78 is 0. The number of rotatable bonds is 1. The number of hydrogen-bond acceptors (Lipinski definition) is 2. The van der Waals surface area contributed by atoms with E-state index in [2.05, 4.69) is 72.5 Å². The van der Waals surface area contributed by atoms with Crippen molar-refractivity contribution in [1.29, 1.82) is 0 Å². The summed E-state index contributed by atoms with van der Waals surface area (Å²) in [6.07, 6.45) is 2.20. The molecule has 2 aliphatic heterocycles. The monoisotopic (exact) mass is 260 g/mol. The van der Waals surface area contributed by atoms with E-state index in [0.717, 1.165) is 12.4 Å². The summed E-state index contributed by atoms with van der Waals surface area (Å²) in [6.45, 7) is 3.09. The van der Waals surface area contributed by atoms with Gasteiger partial charge in [0.2, 0.25) is 0 Å². The summed E-state index contributed by atoms with van der Waals surface area (Å²) >= 11 is 0. The van der Waals surface area contributed by atoms with Crippen molar-refractivity contribution in [1.82, 2.24) is 0 Å². The topological polar surface area (TPSA) is 15.6 Å². The summed E-state index contributed by atoms with van der Waals surface area (Å²) in [4.78, 5) is 7.23. The van der Waals surface area contributed by atoms with E-state index in [1.807, 2.05) is 0 Å². The van der Waals surface area contributed by atoms with Crippen LogP contribution >= 0.6 is 0 Å². The van der Waals surface area contributed by atoms with Crippen molar-refractivity contribution in [3.8, 4) is 0 Å². The number of para-hydroxylation sites is 1. The lowest BCUT2D eigenvalue weighted by Crippen LogP contribution is -2.29. The van der Waals surface area contributed by atoms with Crippen molar-refractivity contribution in [3.05, 3.63) is 71.8 Å². The first-order valence-electron chi connectivity index (χ1n) is 7.01. The normalized spacial score (nSPS) is 20.1. The first-order chi connectivity index (χ1) is 9.83. The molecule has 0 aromatic heterocycles. The van der Waals surface area contributed by atoms with Gasteiger partial charge in [-0.2, -0.15) is 0 Å². The minimum Gasteiger partial charge on any atom is -0.324 e. The molecule has 98 valence electrons. The smallest absolute Gasteiger partial charge is 0.129 e. The molecule has 0 fully saturated rings. The number of anilines is 1. The second-order valence-corrected chi connectivity index (χ2v) is 5.37. The first-order valence-corrected chi connectivity index (χ1v) is 7.01. The molecular formula is C18H16N2. The predicted octanol–water partition coefficient (Wildman–Crippen LogP) is 4.06. The number of benzene rings is 2. The Balaban J connectivity index is 1.77. The van der Waals surface area contributed by atoms with Crippen molar-refractivity contribution in [3.63, 3.8) is 0 Å². The number of nitrogens with zero attached hydrogens (tertiary/aromatic N) is 2. The van der Waals surface area contributed by atoms with Crippen molar-refractivity contribution < 1.29 is 0 Å². The van der Waals surface area contributed by atoms with E-state index in [1.54, 1.807) is 0 Å². The fourth-order valence-corrected chi connectivity index (χ4v) is 3.04. The van der Waals surface area contributed by atoms with Gasteiger partial charge in [0.05, 0.1) is 12.6 Å². The van der Waals surface area contributed by atoms with Crippen LogP contribution in [0.25, 0.3) is 5.57 Å². The molecule has 0 unspecified atom stereocenters. The van der Waals surface area contributed by atoms with Gasteiger partial charge >= 0.3 is 0 Å². The van der Waals surface area contributed by atoms with E-state index in [-0.39, 0.29) is 6.04 Å². The van der Waals surface area contributed by atoms with Gasteiger partial charge < -0.3 is 4.90 Å². The van der Waals surface area contributed by atoms with Crippen molar-refractivity contribution >= 4 is 17.1 Å². The van der Waals surface area contributed by atoms with Crippen LogP contribution in [-0.2, 0) is 0 Å². The van der Waals surface area contributed by atoms with Gasteiger partial charge in [0.25, 0.3) is 0 Å². The van der Waals surface area contributed by atoms with Gasteiger partial charge in [-0.25, -0.2) is 0 Å². The lowest BCUT2D eigenvalue weighted by atomic mass is 10.00. The second kappa shape index (κ2) is 4.34. The molecule has 0 amide bonds. The Morgan fingerprint density at radius 1 is 1.00 bits per heavy atom. The van der Waals surface area contributed by atoms with Crippen LogP contribution in [-0.4, -0.2) is 12.4 Å². The maximum Gasteiger partial charge on any atom is 0.129 e. The predicted molar refractivity (Wildman–Crippen MR) is 84.1 cm³/mol. The zero-order chi connectivity index (χ0) is 13.5. The average molecular weight is 260 g/mol. The van der Waals surface area contributed by atoms with E-state index >= 15 is 0 Å². The molecule has 0 saturated carbocycles. The molecule has 2 heterocycles. The van der Waals surface area contributed by atoms with Crippen LogP contribution in [0.4, 0.5) is 5.69 Å². The molecule has 2 heteroatoms. The largest absolute Gasteiger partial charge is 0.324 e. The number of fused-ring (bicyclic) bond motifs is 3. The molecule has 0 saturated heterocycles. The van der Waals surface area contributed by atoms with Crippen LogP contribution in [0.15, 0.2) is 65.7 Å². The molecule has 0 radical (unpaired) electrons. The van der Waals surface area contributed by atoms with Crippen LogP contribution in [0.3, 0.4) is 0 Å². The Morgan fingerprint density at radius 3 is 2.60 bits per heavy atom. The molecule has 0 aliphatic carbocycles. The van der Waals surface area contributed by atoms with Crippen LogP contribution in [0.2, 0.25) is 0 Å². The lowest BCUT2D eigenvalue weighted by Gasteiger charge is -2.27. The Labute approximate surface area is 119 Å². The zero-order valence-electron chi connectivity index (χ0n) is 11.5. The van der Waals surface area contributed by atoms with Gasteiger partial charge in [0.15, 0.2) is 0 Å². The van der Waals surface area contributed by atoms with Gasteiger partial charge in [-0.15, -0.1) is 0 Å². The lowest BCUT2D eigenvalue weighted by molar-refractivity contribution is 0.780. The summed E-state index contributed by atoms with van der Waals surface area (Å²) in [5, 5.41) is 0. The minimum absolute atomic E-state index is 0.237. The van der Waals surface area contributed by atoms with Crippen LogP contribution in [0.5, 0.6) is 0 Å². The van der Waals surface area contributed by atoms with Crippen LogP contribution in [0.1, 0.15) is 24.1 Å². The Morgan fingerprint density at radius 2 is 1.75 bits per heavy atom. The van der Waals surface area contributed by atoms with Crippen molar-refractivity contribution in [2.45, 2.75) is 13.0 Å². The summed E-state index contributed by atoms with van der Waals surface area (Å²) in [7, 11) is 0. The SMILES string of the molecule is CC1=CC2=N[C@H](c3ccccc3)CN2c2ccccc21. The molecule has 0 N–H and O–H groups in total. The minimum atomic E-state index is 0.237. The third-order valence-corrected chi connectivity index (χ3v) is 4.07. The fraction of sp³-hybridized carbons (Fsp3) is 0.167. The van der Waals surface area contributed by atoms with Gasteiger partial charge in [-0.3, -0.25) is 4.99 Å². The summed E-state index contributed by atoms with van der Waals surface area (Å²) in [5.41, 5.74) is 5.19. The quantitative estimate of drug-likeness (QED) is 0.755. The highest BCUT2D eigenvalue weighted by atomic mass is 15.3. The van der Waals surface area contributed by atoms with E-state index < -0.39 is 0 Å². The highest BCUT2D eigenvalue weighted by molar-refractivity contribution is 6.15. The first kappa shape index (κ1) is 11.5. The highest BCUT2D eigenvalue weighted by Gasteiger charge is 2.30.